The largest absolute Gasteiger partial charge is 0.322 e. The van der Waals surface area contributed by atoms with Crippen molar-refractivity contribution in [2.24, 2.45) is 0 Å². The van der Waals surface area contributed by atoms with Crippen molar-refractivity contribution in [2.45, 2.75) is 13.0 Å². The fourth-order valence-corrected chi connectivity index (χ4v) is 2.58. The minimum absolute atomic E-state index is 0.116. The molecule has 0 atom stereocenters. The quantitative estimate of drug-likeness (QED) is 0.877. The molecule has 0 aliphatic carbocycles. The molecule has 0 radical (unpaired) electrons. The fourth-order valence-electron chi connectivity index (χ4n) is 2.58. The standard InChI is InChI=1S/C17H14FN3O/c18-15-5-6-16(14(9-15)10-19)20-17(22)21-8-7-12-3-1-2-4-13(12)11-21/h1-6,9H,7-8,11H2,(H,20,22). The Morgan fingerprint density at radius 1 is 1.23 bits per heavy atom. The summed E-state index contributed by atoms with van der Waals surface area (Å²) in [5.41, 5.74) is 2.83. The van der Waals surface area contributed by atoms with Crippen LogP contribution in [-0.4, -0.2) is 17.5 Å². The van der Waals surface area contributed by atoms with Crippen LogP contribution in [0.15, 0.2) is 42.5 Å². The molecular weight excluding hydrogens is 281 g/mol. The molecule has 2 aromatic rings. The van der Waals surface area contributed by atoms with Crippen LogP contribution in [0.1, 0.15) is 16.7 Å². The summed E-state index contributed by atoms with van der Waals surface area (Å²) in [6.07, 6.45) is 0.804. The number of nitrogens with zero attached hydrogens (tertiary/aromatic N) is 2. The number of anilines is 1. The van der Waals surface area contributed by atoms with Crippen LogP contribution in [-0.2, 0) is 13.0 Å². The Morgan fingerprint density at radius 2 is 2.00 bits per heavy atom. The van der Waals surface area contributed by atoms with Gasteiger partial charge in [-0.3, -0.25) is 0 Å². The Hall–Kier alpha value is -2.87. The van der Waals surface area contributed by atoms with E-state index < -0.39 is 5.82 Å². The molecule has 1 aliphatic rings. The summed E-state index contributed by atoms with van der Waals surface area (Å²) >= 11 is 0. The number of hydrogen-bond acceptors (Lipinski definition) is 2. The molecular formula is C17H14FN3O. The van der Waals surface area contributed by atoms with Crippen LogP contribution in [0, 0.1) is 17.1 Å². The van der Waals surface area contributed by atoms with Gasteiger partial charge in [0.25, 0.3) is 0 Å². The third-order valence-electron chi connectivity index (χ3n) is 3.76. The van der Waals surface area contributed by atoms with Crippen LogP contribution in [0.25, 0.3) is 0 Å². The summed E-state index contributed by atoms with van der Waals surface area (Å²) in [5, 5.41) is 11.7. The molecule has 0 saturated heterocycles. The Bertz CT molecular complexity index is 767. The molecule has 0 spiro atoms. The van der Waals surface area contributed by atoms with Gasteiger partial charge in [0, 0.05) is 13.1 Å². The van der Waals surface area contributed by atoms with Gasteiger partial charge in [0.2, 0.25) is 0 Å². The zero-order valence-corrected chi connectivity index (χ0v) is 11.8. The molecule has 1 aliphatic heterocycles. The monoisotopic (exact) mass is 295 g/mol. The number of nitriles is 1. The summed E-state index contributed by atoms with van der Waals surface area (Å²) in [4.78, 5) is 14.0. The number of rotatable bonds is 1. The lowest BCUT2D eigenvalue weighted by Crippen LogP contribution is -2.39. The van der Waals surface area contributed by atoms with Gasteiger partial charge < -0.3 is 10.2 Å². The van der Waals surface area contributed by atoms with Gasteiger partial charge in [-0.15, -0.1) is 0 Å². The van der Waals surface area contributed by atoms with Gasteiger partial charge in [0.15, 0.2) is 0 Å². The van der Waals surface area contributed by atoms with Crippen LogP contribution >= 0.6 is 0 Å². The lowest BCUT2D eigenvalue weighted by molar-refractivity contribution is 0.206. The highest BCUT2D eigenvalue weighted by Crippen LogP contribution is 2.21. The lowest BCUT2D eigenvalue weighted by Gasteiger charge is -2.29. The van der Waals surface area contributed by atoms with E-state index in [-0.39, 0.29) is 11.6 Å². The van der Waals surface area contributed by atoms with E-state index in [1.54, 1.807) is 4.90 Å². The first-order chi connectivity index (χ1) is 10.7. The smallest absolute Gasteiger partial charge is 0.320 e. The highest BCUT2D eigenvalue weighted by atomic mass is 19.1. The van der Waals surface area contributed by atoms with E-state index in [0.717, 1.165) is 18.1 Å². The van der Waals surface area contributed by atoms with E-state index in [1.807, 2.05) is 24.3 Å². The molecule has 0 saturated carbocycles. The first kappa shape index (κ1) is 14.1. The van der Waals surface area contributed by atoms with Crippen LogP contribution in [0.2, 0.25) is 0 Å². The average molecular weight is 295 g/mol. The fraction of sp³-hybridized carbons (Fsp3) is 0.176. The summed E-state index contributed by atoms with van der Waals surface area (Å²) in [6, 6.07) is 13.4. The molecule has 22 heavy (non-hydrogen) atoms. The maximum Gasteiger partial charge on any atom is 0.322 e. The third kappa shape index (κ3) is 2.77. The van der Waals surface area contributed by atoms with Gasteiger partial charge in [-0.2, -0.15) is 5.26 Å². The number of hydrogen-bond donors (Lipinski definition) is 1. The summed E-state index contributed by atoms with van der Waals surface area (Å²) < 4.78 is 13.1. The molecule has 1 N–H and O–H groups in total. The number of carbonyl (C=O) groups is 1. The normalized spacial score (nSPS) is 13.2. The van der Waals surface area contributed by atoms with Crippen molar-refractivity contribution in [3.63, 3.8) is 0 Å². The second kappa shape index (κ2) is 5.86. The molecule has 0 aromatic heterocycles. The second-order valence-electron chi connectivity index (χ2n) is 5.17. The summed E-state index contributed by atoms with van der Waals surface area (Å²) in [6.45, 7) is 1.15. The van der Waals surface area contributed by atoms with E-state index in [2.05, 4.69) is 11.4 Å². The Kier molecular flexibility index (Phi) is 3.75. The van der Waals surface area contributed by atoms with Crippen LogP contribution in [0.3, 0.4) is 0 Å². The van der Waals surface area contributed by atoms with Gasteiger partial charge in [0.1, 0.15) is 11.9 Å². The van der Waals surface area contributed by atoms with Crippen LogP contribution in [0.4, 0.5) is 14.9 Å². The van der Waals surface area contributed by atoms with E-state index in [9.17, 15) is 9.18 Å². The maximum atomic E-state index is 13.1. The maximum absolute atomic E-state index is 13.1. The molecule has 110 valence electrons. The minimum atomic E-state index is -0.499. The van der Waals surface area contributed by atoms with Crippen molar-refractivity contribution < 1.29 is 9.18 Å². The zero-order valence-electron chi connectivity index (χ0n) is 11.8. The predicted molar refractivity (Wildman–Crippen MR) is 80.7 cm³/mol. The van der Waals surface area contributed by atoms with E-state index in [1.165, 1.54) is 17.7 Å². The molecule has 0 fully saturated rings. The van der Waals surface area contributed by atoms with E-state index >= 15 is 0 Å². The predicted octanol–water partition coefficient (Wildman–Crippen LogP) is 3.29. The molecule has 0 bridgehead atoms. The van der Waals surface area contributed by atoms with Gasteiger partial charge in [0.05, 0.1) is 11.3 Å². The van der Waals surface area contributed by atoms with Crippen molar-refractivity contribution in [2.75, 3.05) is 11.9 Å². The Morgan fingerprint density at radius 3 is 2.77 bits per heavy atom. The van der Waals surface area contributed by atoms with Crippen LogP contribution in [0.5, 0.6) is 0 Å². The highest BCUT2D eigenvalue weighted by molar-refractivity contribution is 5.91. The first-order valence-electron chi connectivity index (χ1n) is 7.00. The lowest BCUT2D eigenvalue weighted by atomic mass is 10.0. The summed E-state index contributed by atoms with van der Waals surface area (Å²) in [7, 11) is 0. The zero-order chi connectivity index (χ0) is 15.5. The van der Waals surface area contributed by atoms with E-state index in [4.69, 9.17) is 5.26 Å². The number of amides is 2. The van der Waals surface area contributed by atoms with Gasteiger partial charge in [-0.05, 0) is 35.7 Å². The molecule has 3 rings (SSSR count). The van der Waals surface area contributed by atoms with Gasteiger partial charge in [-0.25, -0.2) is 9.18 Å². The summed E-state index contributed by atoms with van der Waals surface area (Å²) in [5.74, 6) is -0.499. The number of urea groups is 1. The van der Waals surface area contributed by atoms with Crippen molar-refractivity contribution >= 4 is 11.7 Å². The number of fused-ring (bicyclic) bond motifs is 1. The number of benzene rings is 2. The second-order valence-corrected chi connectivity index (χ2v) is 5.17. The van der Waals surface area contributed by atoms with Crippen molar-refractivity contribution in [1.29, 1.82) is 5.26 Å². The molecule has 2 amide bonds. The average Bonchev–Trinajstić information content (AvgIpc) is 2.55. The molecule has 4 nitrogen and oxygen atoms in total. The molecule has 0 unspecified atom stereocenters. The van der Waals surface area contributed by atoms with Crippen molar-refractivity contribution in [3.05, 3.63) is 65.0 Å². The van der Waals surface area contributed by atoms with Gasteiger partial charge in [-0.1, -0.05) is 24.3 Å². The molecule has 2 aromatic carbocycles. The van der Waals surface area contributed by atoms with E-state index in [0.29, 0.717) is 18.8 Å². The number of nitrogens with one attached hydrogen (secondary N) is 1. The van der Waals surface area contributed by atoms with Crippen molar-refractivity contribution in [3.8, 4) is 6.07 Å². The topological polar surface area (TPSA) is 56.1 Å². The Balaban J connectivity index is 1.75. The highest BCUT2D eigenvalue weighted by Gasteiger charge is 2.21. The SMILES string of the molecule is N#Cc1cc(F)ccc1NC(=O)N1CCc2ccccc2C1. The van der Waals surface area contributed by atoms with Crippen molar-refractivity contribution in [1.82, 2.24) is 4.90 Å². The number of halogens is 1. The third-order valence-corrected chi connectivity index (χ3v) is 3.76. The Labute approximate surface area is 127 Å². The minimum Gasteiger partial charge on any atom is -0.320 e. The van der Waals surface area contributed by atoms with Crippen LogP contribution < -0.4 is 5.32 Å². The molecule has 5 heteroatoms. The van der Waals surface area contributed by atoms with Gasteiger partial charge >= 0.3 is 6.03 Å². The molecule has 1 heterocycles. The number of carbonyl (C=O) groups excluding carboxylic acids is 1. The first-order valence-corrected chi connectivity index (χ1v) is 7.00.